The lowest BCUT2D eigenvalue weighted by Crippen LogP contribution is -2.39. The fourth-order valence-electron chi connectivity index (χ4n) is 2.80. The number of carbonyl (C=O) groups excluding carboxylic acids is 1. The van der Waals surface area contributed by atoms with Crippen LogP contribution in [0.15, 0.2) is 24.3 Å². The largest absolute Gasteiger partial charge is 0.363 e. The molecule has 0 saturated carbocycles. The summed E-state index contributed by atoms with van der Waals surface area (Å²) in [5.74, 6) is 0.584. The molecule has 0 radical (unpaired) electrons. The minimum Gasteiger partial charge on any atom is -0.363 e. The number of urea groups is 1. The standard InChI is InChI=1S/C18H24ClN5OS/c1-18(2,3)15-21-22-16(26-15)24-14(11-23(4)17(24)25)20-13-7-5-6-12(10-13)8-9-19/h5-7,10,14,20H,8-9,11H2,1-4H3. The maximum absolute atomic E-state index is 12.7. The number of nitrogens with zero attached hydrogens (tertiary/aromatic N) is 4. The monoisotopic (exact) mass is 393 g/mol. The summed E-state index contributed by atoms with van der Waals surface area (Å²) in [7, 11) is 1.80. The lowest BCUT2D eigenvalue weighted by molar-refractivity contribution is 0.229. The average molecular weight is 394 g/mol. The molecule has 1 aromatic heterocycles. The molecule has 140 valence electrons. The van der Waals surface area contributed by atoms with Crippen LogP contribution in [-0.4, -0.2) is 46.8 Å². The van der Waals surface area contributed by atoms with E-state index in [1.54, 1.807) is 16.8 Å². The van der Waals surface area contributed by atoms with E-state index in [1.165, 1.54) is 16.9 Å². The normalized spacial score (nSPS) is 17.9. The zero-order valence-electron chi connectivity index (χ0n) is 15.5. The van der Waals surface area contributed by atoms with Crippen LogP contribution >= 0.6 is 22.9 Å². The number of halogens is 1. The Balaban J connectivity index is 1.85. The van der Waals surface area contributed by atoms with Gasteiger partial charge in [0.25, 0.3) is 0 Å². The summed E-state index contributed by atoms with van der Waals surface area (Å²) < 4.78 is 0. The maximum atomic E-state index is 12.7. The molecule has 1 aliphatic heterocycles. The van der Waals surface area contributed by atoms with Gasteiger partial charge in [0.2, 0.25) is 5.13 Å². The highest BCUT2D eigenvalue weighted by atomic mass is 35.5. The van der Waals surface area contributed by atoms with Crippen LogP contribution in [0.1, 0.15) is 31.3 Å². The Labute approximate surface area is 163 Å². The first-order chi connectivity index (χ1) is 12.3. The third kappa shape index (κ3) is 3.94. The summed E-state index contributed by atoms with van der Waals surface area (Å²) >= 11 is 7.31. The number of carbonyl (C=O) groups is 1. The van der Waals surface area contributed by atoms with Gasteiger partial charge in [0.05, 0.1) is 6.54 Å². The van der Waals surface area contributed by atoms with Gasteiger partial charge in [0.1, 0.15) is 11.2 Å². The number of likely N-dealkylation sites (N-methyl/N-ethyl adjacent to an activating group) is 1. The molecule has 2 heterocycles. The fraction of sp³-hybridized carbons (Fsp3) is 0.500. The molecule has 3 rings (SSSR count). The number of aromatic nitrogens is 2. The first kappa shape index (κ1) is 18.9. The van der Waals surface area contributed by atoms with Gasteiger partial charge in [0, 0.05) is 24.0 Å². The van der Waals surface area contributed by atoms with Gasteiger partial charge in [-0.3, -0.25) is 0 Å². The second kappa shape index (κ2) is 7.40. The van der Waals surface area contributed by atoms with Crippen LogP contribution in [-0.2, 0) is 11.8 Å². The molecule has 1 aliphatic rings. The first-order valence-corrected chi connectivity index (χ1v) is 9.94. The van der Waals surface area contributed by atoms with E-state index in [4.69, 9.17) is 11.6 Å². The molecular formula is C18H24ClN5OS. The van der Waals surface area contributed by atoms with Gasteiger partial charge in [-0.1, -0.05) is 44.2 Å². The zero-order chi connectivity index (χ0) is 18.9. The number of rotatable bonds is 5. The van der Waals surface area contributed by atoms with Crippen molar-refractivity contribution in [3.05, 3.63) is 34.8 Å². The van der Waals surface area contributed by atoms with Gasteiger partial charge in [-0.15, -0.1) is 21.8 Å². The molecule has 1 saturated heterocycles. The molecule has 0 aliphatic carbocycles. The third-order valence-electron chi connectivity index (χ3n) is 4.20. The summed E-state index contributed by atoms with van der Waals surface area (Å²) in [5.41, 5.74) is 2.04. The molecule has 1 fully saturated rings. The predicted molar refractivity (Wildman–Crippen MR) is 107 cm³/mol. The van der Waals surface area contributed by atoms with E-state index in [0.717, 1.165) is 17.1 Å². The number of alkyl halides is 1. The van der Waals surface area contributed by atoms with Crippen molar-refractivity contribution in [3.8, 4) is 0 Å². The van der Waals surface area contributed by atoms with Crippen molar-refractivity contribution in [2.45, 2.75) is 38.8 Å². The highest BCUT2D eigenvalue weighted by molar-refractivity contribution is 7.15. The minimum atomic E-state index is -0.195. The molecule has 2 amide bonds. The van der Waals surface area contributed by atoms with Crippen LogP contribution in [0.3, 0.4) is 0 Å². The highest BCUT2D eigenvalue weighted by Crippen LogP contribution is 2.33. The summed E-state index contributed by atoms with van der Waals surface area (Å²) in [6, 6.07) is 8.05. The molecule has 26 heavy (non-hydrogen) atoms. The van der Waals surface area contributed by atoms with E-state index < -0.39 is 0 Å². The number of hydrogen-bond acceptors (Lipinski definition) is 5. The first-order valence-electron chi connectivity index (χ1n) is 8.59. The predicted octanol–water partition coefficient (Wildman–Crippen LogP) is 3.93. The van der Waals surface area contributed by atoms with Crippen molar-refractivity contribution in [1.29, 1.82) is 0 Å². The van der Waals surface area contributed by atoms with Crippen LogP contribution in [0, 0.1) is 0 Å². The zero-order valence-corrected chi connectivity index (χ0v) is 17.1. The van der Waals surface area contributed by atoms with Crippen molar-refractivity contribution in [1.82, 2.24) is 15.1 Å². The summed E-state index contributed by atoms with van der Waals surface area (Å²) in [4.78, 5) is 16.1. The van der Waals surface area contributed by atoms with Crippen LogP contribution < -0.4 is 10.2 Å². The summed E-state index contributed by atoms with van der Waals surface area (Å²) in [6.07, 6.45) is 0.620. The number of hydrogen-bond donors (Lipinski definition) is 1. The fourth-order valence-corrected chi connectivity index (χ4v) is 3.96. The van der Waals surface area contributed by atoms with Crippen LogP contribution in [0.25, 0.3) is 0 Å². The molecule has 1 unspecified atom stereocenters. The van der Waals surface area contributed by atoms with Gasteiger partial charge in [-0.2, -0.15) is 0 Å². The average Bonchev–Trinajstić information content (AvgIpc) is 3.14. The summed E-state index contributed by atoms with van der Waals surface area (Å²) in [6.45, 7) is 6.84. The van der Waals surface area contributed by atoms with Crippen molar-refractivity contribution < 1.29 is 4.79 Å². The van der Waals surface area contributed by atoms with Gasteiger partial charge in [0.15, 0.2) is 0 Å². The van der Waals surface area contributed by atoms with Crippen molar-refractivity contribution >= 4 is 39.8 Å². The minimum absolute atomic E-state index is 0.0731. The van der Waals surface area contributed by atoms with Crippen molar-refractivity contribution in [3.63, 3.8) is 0 Å². The van der Waals surface area contributed by atoms with E-state index in [0.29, 0.717) is 17.6 Å². The van der Waals surface area contributed by atoms with Gasteiger partial charge >= 0.3 is 6.03 Å². The molecule has 2 aromatic rings. The Kier molecular flexibility index (Phi) is 5.39. The second-order valence-electron chi connectivity index (χ2n) is 7.47. The summed E-state index contributed by atoms with van der Waals surface area (Å²) in [5, 5.41) is 13.6. The molecule has 1 N–H and O–H groups in total. The Morgan fingerprint density at radius 1 is 1.35 bits per heavy atom. The van der Waals surface area contributed by atoms with E-state index in [9.17, 15) is 4.79 Å². The Morgan fingerprint density at radius 2 is 2.12 bits per heavy atom. The molecule has 1 aromatic carbocycles. The maximum Gasteiger partial charge on any atom is 0.328 e. The van der Waals surface area contributed by atoms with Crippen molar-refractivity contribution in [2.75, 3.05) is 29.7 Å². The number of nitrogens with one attached hydrogen (secondary N) is 1. The third-order valence-corrected chi connectivity index (χ3v) is 5.73. The van der Waals surface area contributed by atoms with Crippen molar-refractivity contribution in [2.24, 2.45) is 0 Å². The highest BCUT2D eigenvalue weighted by Gasteiger charge is 2.39. The van der Waals surface area contributed by atoms with E-state index >= 15 is 0 Å². The molecule has 0 spiro atoms. The second-order valence-corrected chi connectivity index (χ2v) is 8.81. The number of benzene rings is 1. The Hall–Kier alpha value is -1.86. The quantitative estimate of drug-likeness (QED) is 0.782. The van der Waals surface area contributed by atoms with Crippen LogP contribution in [0.5, 0.6) is 0 Å². The van der Waals surface area contributed by atoms with E-state index in [1.807, 2.05) is 12.1 Å². The Morgan fingerprint density at radius 3 is 2.77 bits per heavy atom. The topological polar surface area (TPSA) is 61.4 Å². The van der Waals surface area contributed by atoms with Gasteiger partial charge in [-0.05, 0) is 24.1 Å². The number of amides is 2. The molecule has 6 nitrogen and oxygen atoms in total. The molecule has 1 atom stereocenters. The molecular weight excluding hydrogens is 370 g/mol. The van der Waals surface area contributed by atoms with Gasteiger partial charge in [-0.25, -0.2) is 9.69 Å². The lowest BCUT2D eigenvalue weighted by atomic mass is 9.98. The Bertz CT molecular complexity index is 788. The lowest BCUT2D eigenvalue weighted by Gasteiger charge is -2.22. The molecule has 8 heteroatoms. The van der Waals surface area contributed by atoms with E-state index in [2.05, 4.69) is 48.4 Å². The van der Waals surface area contributed by atoms with E-state index in [-0.39, 0.29) is 17.6 Å². The van der Waals surface area contributed by atoms with Gasteiger partial charge < -0.3 is 10.2 Å². The SMILES string of the molecule is CN1CC(Nc2cccc(CCCl)c2)N(c2nnc(C(C)(C)C)s2)C1=O. The smallest absolute Gasteiger partial charge is 0.328 e. The van der Waals surface area contributed by atoms with Crippen LogP contribution in [0.2, 0.25) is 0 Å². The van der Waals surface area contributed by atoms with Crippen LogP contribution in [0.4, 0.5) is 15.6 Å². The number of aryl methyl sites for hydroxylation is 1. The number of anilines is 2. The molecule has 0 bridgehead atoms.